The zero-order chi connectivity index (χ0) is 14.7. The molecule has 2 N–H and O–H groups in total. The molecule has 2 rings (SSSR count). The van der Waals surface area contributed by atoms with Crippen LogP contribution in [0.25, 0.3) is 0 Å². The molecule has 0 fully saturated rings. The molecule has 0 saturated heterocycles. The van der Waals surface area contributed by atoms with E-state index < -0.39 is 23.2 Å². The molecule has 0 bridgehead atoms. The van der Waals surface area contributed by atoms with Crippen molar-refractivity contribution in [1.29, 1.82) is 0 Å². The molecule has 0 radical (unpaired) electrons. The van der Waals surface area contributed by atoms with Gasteiger partial charge in [-0.25, -0.2) is 4.79 Å². The number of halogens is 1. The number of amides is 1. The number of hydrogen-bond donors (Lipinski definition) is 2. The van der Waals surface area contributed by atoms with Crippen molar-refractivity contribution in [3.05, 3.63) is 58.6 Å². The number of hydrogen-bond acceptors (Lipinski definition) is 3. The normalized spacial score (nSPS) is 10.1. The first kappa shape index (κ1) is 13.9. The van der Waals surface area contributed by atoms with E-state index in [4.69, 9.17) is 16.7 Å². The number of carboxylic acids is 1. The Labute approximate surface area is 119 Å². The fourth-order valence-electron chi connectivity index (χ4n) is 1.64. The number of rotatable bonds is 3. The van der Waals surface area contributed by atoms with E-state index in [1.54, 1.807) is 18.2 Å². The number of aromatic carboxylic acids is 1. The zero-order valence-electron chi connectivity index (χ0n) is 10.1. The van der Waals surface area contributed by atoms with Gasteiger partial charge in [0, 0.05) is 5.69 Å². The lowest BCUT2D eigenvalue weighted by Crippen LogP contribution is -2.15. The molecule has 5 nitrogen and oxygen atoms in total. The Bertz CT molecular complexity index is 685. The van der Waals surface area contributed by atoms with Crippen LogP contribution < -0.4 is 10.4 Å². The fourth-order valence-corrected chi connectivity index (χ4v) is 1.86. The van der Waals surface area contributed by atoms with Crippen LogP contribution in [0.4, 0.5) is 5.69 Å². The third-order valence-corrected chi connectivity index (χ3v) is 2.94. The van der Waals surface area contributed by atoms with Crippen LogP contribution >= 0.6 is 11.6 Å². The van der Waals surface area contributed by atoms with Gasteiger partial charge >= 0.3 is 5.97 Å². The number of para-hydroxylation sites is 1. The summed E-state index contributed by atoms with van der Waals surface area (Å²) in [6.45, 7) is 0. The summed E-state index contributed by atoms with van der Waals surface area (Å²) < 4.78 is 0. The van der Waals surface area contributed by atoms with Crippen molar-refractivity contribution >= 4 is 29.2 Å². The van der Waals surface area contributed by atoms with E-state index in [1.807, 2.05) is 0 Å². The minimum atomic E-state index is -1.34. The topological polar surface area (TPSA) is 89.5 Å². The van der Waals surface area contributed by atoms with Gasteiger partial charge in [0.2, 0.25) is 0 Å². The molecule has 0 aliphatic rings. The highest BCUT2D eigenvalue weighted by molar-refractivity contribution is 6.34. The highest BCUT2D eigenvalue weighted by Crippen LogP contribution is 2.26. The standard InChI is InChI=1S/C14H10ClNO4/c15-10-6-2-1-4-8(10)13(18)16-11-7-3-5-9(12(11)17)14(19)20/h1-7,17H,(H,16,18)(H,19,20)/p-1. The second-order valence-corrected chi connectivity index (χ2v) is 4.33. The maximum absolute atomic E-state index is 12.0. The molecule has 0 unspecified atom stereocenters. The SMILES string of the molecule is O=C(Nc1cccc(C(=O)O)c1[O-])c1ccccc1Cl. The van der Waals surface area contributed by atoms with Crippen LogP contribution in [-0.2, 0) is 0 Å². The minimum absolute atomic E-state index is 0.102. The summed E-state index contributed by atoms with van der Waals surface area (Å²) in [4.78, 5) is 22.8. The van der Waals surface area contributed by atoms with Crippen LogP contribution in [0.3, 0.4) is 0 Å². The summed E-state index contributed by atoms with van der Waals surface area (Å²) in [5.41, 5.74) is -0.300. The predicted octanol–water partition coefficient (Wildman–Crippen LogP) is 2.36. The number of carboxylic acid groups (broad SMARTS) is 1. The molecule has 2 aromatic rings. The molecule has 1 amide bonds. The van der Waals surface area contributed by atoms with E-state index in [0.29, 0.717) is 0 Å². The molecule has 6 heteroatoms. The molecular formula is C14H9ClNO4-. The Balaban J connectivity index is 2.32. The lowest BCUT2D eigenvalue weighted by atomic mass is 10.1. The summed E-state index contributed by atoms with van der Waals surface area (Å²) in [6.07, 6.45) is 0. The highest BCUT2D eigenvalue weighted by atomic mass is 35.5. The van der Waals surface area contributed by atoms with Crippen LogP contribution in [0.2, 0.25) is 5.02 Å². The summed E-state index contributed by atoms with van der Waals surface area (Å²) in [6, 6.07) is 10.2. The summed E-state index contributed by atoms with van der Waals surface area (Å²) in [5.74, 6) is -2.67. The van der Waals surface area contributed by atoms with E-state index in [1.165, 1.54) is 24.3 Å². The average Bonchev–Trinajstić information content (AvgIpc) is 2.41. The second-order valence-electron chi connectivity index (χ2n) is 3.92. The number of benzene rings is 2. The summed E-state index contributed by atoms with van der Waals surface area (Å²) in [7, 11) is 0. The van der Waals surface area contributed by atoms with Gasteiger partial charge in [0.15, 0.2) is 0 Å². The lowest BCUT2D eigenvalue weighted by Gasteiger charge is -2.17. The first-order chi connectivity index (χ1) is 9.50. The Morgan fingerprint density at radius 3 is 2.35 bits per heavy atom. The summed E-state index contributed by atoms with van der Waals surface area (Å²) in [5, 5.41) is 23.3. The third kappa shape index (κ3) is 2.73. The van der Waals surface area contributed by atoms with E-state index in [0.717, 1.165) is 0 Å². The summed E-state index contributed by atoms with van der Waals surface area (Å²) >= 11 is 5.87. The fraction of sp³-hybridized carbons (Fsp3) is 0. The number of anilines is 1. The number of carbonyl (C=O) groups excluding carboxylic acids is 1. The monoisotopic (exact) mass is 290 g/mol. The van der Waals surface area contributed by atoms with Crippen molar-refractivity contribution < 1.29 is 19.8 Å². The van der Waals surface area contributed by atoms with Gasteiger partial charge in [-0.05, 0) is 24.3 Å². The second kappa shape index (κ2) is 5.63. The number of nitrogens with one attached hydrogen (secondary N) is 1. The smallest absolute Gasteiger partial charge is 0.335 e. The first-order valence-corrected chi connectivity index (χ1v) is 5.97. The molecule has 0 aromatic heterocycles. The van der Waals surface area contributed by atoms with Crippen LogP contribution in [-0.4, -0.2) is 17.0 Å². The van der Waals surface area contributed by atoms with Crippen LogP contribution in [0, 0.1) is 0 Å². The Morgan fingerprint density at radius 1 is 1.05 bits per heavy atom. The van der Waals surface area contributed by atoms with Crippen LogP contribution in [0.5, 0.6) is 5.75 Å². The maximum Gasteiger partial charge on any atom is 0.335 e. The van der Waals surface area contributed by atoms with E-state index in [9.17, 15) is 14.7 Å². The molecule has 20 heavy (non-hydrogen) atoms. The van der Waals surface area contributed by atoms with Gasteiger partial charge < -0.3 is 15.5 Å². The molecule has 0 heterocycles. The third-order valence-electron chi connectivity index (χ3n) is 2.61. The predicted molar refractivity (Wildman–Crippen MR) is 72.3 cm³/mol. The molecule has 102 valence electrons. The van der Waals surface area contributed by atoms with Gasteiger partial charge in [-0.1, -0.05) is 35.5 Å². The van der Waals surface area contributed by atoms with Crippen molar-refractivity contribution in [1.82, 2.24) is 0 Å². The van der Waals surface area contributed by atoms with Crippen LogP contribution in [0.1, 0.15) is 20.7 Å². The highest BCUT2D eigenvalue weighted by Gasteiger charge is 2.12. The van der Waals surface area contributed by atoms with Crippen LogP contribution in [0.15, 0.2) is 42.5 Å². The molecule has 0 saturated carbocycles. The Hall–Kier alpha value is -2.53. The molecule has 0 aliphatic carbocycles. The quantitative estimate of drug-likeness (QED) is 0.908. The molecule has 0 spiro atoms. The van der Waals surface area contributed by atoms with Crippen molar-refractivity contribution in [2.75, 3.05) is 5.32 Å². The van der Waals surface area contributed by atoms with Crippen molar-refractivity contribution in [3.63, 3.8) is 0 Å². The average molecular weight is 291 g/mol. The van der Waals surface area contributed by atoms with Crippen molar-refractivity contribution in [2.24, 2.45) is 0 Å². The van der Waals surface area contributed by atoms with Gasteiger partial charge in [0.1, 0.15) is 0 Å². The lowest BCUT2D eigenvalue weighted by molar-refractivity contribution is -0.267. The molecule has 0 atom stereocenters. The van der Waals surface area contributed by atoms with Crippen molar-refractivity contribution in [3.8, 4) is 5.75 Å². The largest absolute Gasteiger partial charge is 0.870 e. The molecule has 2 aromatic carbocycles. The van der Waals surface area contributed by atoms with Gasteiger partial charge in [-0.2, -0.15) is 0 Å². The van der Waals surface area contributed by atoms with Gasteiger partial charge in [0.05, 0.1) is 16.1 Å². The molecular weight excluding hydrogens is 282 g/mol. The van der Waals surface area contributed by atoms with Gasteiger partial charge in [-0.15, -0.1) is 0 Å². The van der Waals surface area contributed by atoms with Gasteiger partial charge in [0.25, 0.3) is 5.91 Å². The minimum Gasteiger partial charge on any atom is -0.870 e. The van der Waals surface area contributed by atoms with E-state index >= 15 is 0 Å². The maximum atomic E-state index is 12.0. The molecule has 0 aliphatic heterocycles. The number of carbonyl (C=O) groups is 2. The van der Waals surface area contributed by atoms with Crippen molar-refractivity contribution in [2.45, 2.75) is 0 Å². The van der Waals surface area contributed by atoms with Gasteiger partial charge in [-0.3, -0.25) is 4.79 Å². The zero-order valence-corrected chi connectivity index (χ0v) is 10.8. The Kier molecular flexibility index (Phi) is 3.91. The first-order valence-electron chi connectivity index (χ1n) is 5.60. The Morgan fingerprint density at radius 2 is 1.70 bits per heavy atom. The van der Waals surface area contributed by atoms with E-state index in [2.05, 4.69) is 5.32 Å². The van der Waals surface area contributed by atoms with E-state index in [-0.39, 0.29) is 16.3 Å².